The number of unbranched alkanes of at least 4 members (excludes halogenated alkanes) is 13. The van der Waals surface area contributed by atoms with E-state index in [0.717, 1.165) is 103 Å². The molecule has 0 aliphatic heterocycles. The lowest BCUT2D eigenvalue weighted by atomic mass is 10.0. The SMILES string of the molecule is CC/C=C\C/C=C\C/C=C\C/C=C\C/C=C\C/C=C\C/C=C\C/C=C\C/C=C\CCCCCCCC(=O)NC(COP(=O)(O)OCC[N+](C)(C)C)C(O)C(O)CCC/C=C/CCCCCCCCC. The van der Waals surface area contributed by atoms with Gasteiger partial charge in [0.05, 0.1) is 39.9 Å². The van der Waals surface area contributed by atoms with E-state index in [2.05, 4.69) is 141 Å². The van der Waals surface area contributed by atoms with Crippen LogP contribution in [0.5, 0.6) is 0 Å². The second kappa shape index (κ2) is 48.5. The van der Waals surface area contributed by atoms with Crippen molar-refractivity contribution in [1.29, 1.82) is 0 Å². The molecule has 0 aromatic carbocycles. The van der Waals surface area contributed by atoms with Crippen molar-refractivity contribution in [3.63, 3.8) is 0 Å². The molecule has 4 N–H and O–H groups in total. The molecule has 4 atom stereocenters. The lowest BCUT2D eigenvalue weighted by Crippen LogP contribution is -2.51. The zero-order chi connectivity index (χ0) is 50.8. The number of hydrogen-bond acceptors (Lipinski definition) is 6. The van der Waals surface area contributed by atoms with Gasteiger partial charge in [-0.2, -0.15) is 0 Å². The van der Waals surface area contributed by atoms with Gasteiger partial charge in [-0.15, -0.1) is 0 Å². The third kappa shape index (κ3) is 49.6. The van der Waals surface area contributed by atoms with Crippen LogP contribution >= 0.6 is 7.82 Å². The number of phosphoric ester groups is 1. The lowest BCUT2D eigenvalue weighted by molar-refractivity contribution is -0.870. The Morgan fingerprint density at radius 2 is 0.899 bits per heavy atom. The molecule has 69 heavy (non-hydrogen) atoms. The van der Waals surface area contributed by atoms with Gasteiger partial charge in [0.25, 0.3) is 0 Å². The predicted molar refractivity (Wildman–Crippen MR) is 296 cm³/mol. The maximum absolute atomic E-state index is 13.0. The smallest absolute Gasteiger partial charge is 0.390 e. The van der Waals surface area contributed by atoms with Crippen molar-refractivity contribution >= 4 is 13.7 Å². The number of rotatable bonds is 47. The van der Waals surface area contributed by atoms with Gasteiger partial charge in [-0.1, -0.05) is 193 Å². The first-order valence-corrected chi connectivity index (χ1v) is 28.5. The number of likely N-dealkylation sites (N-methyl/N-ethyl adjacent to an activating group) is 1. The predicted octanol–water partition coefficient (Wildman–Crippen LogP) is 15.2. The molecule has 10 heteroatoms. The van der Waals surface area contributed by atoms with Crippen molar-refractivity contribution in [3.05, 3.63) is 122 Å². The maximum Gasteiger partial charge on any atom is 0.472 e. The zero-order valence-electron chi connectivity index (χ0n) is 44.4. The number of nitrogens with zero attached hydrogens (tertiary/aromatic N) is 1. The Balaban J connectivity index is 4.34. The number of allylic oxidation sites excluding steroid dienone is 20. The zero-order valence-corrected chi connectivity index (χ0v) is 45.3. The third-order valence-corrected chi connectivity index (χ3v) is 12.3. The minimum Gasteiger partial charge on any atom is -0.390 e. The highest BCUT2D eigenvalue weighted by atomic mass is 31.2. The van der Waals surface area contributed by atoms with Gasteiger partial charge >= 0.3 is 7.82 Å². The Morgan fingerprint density at radius 1 is 0.522 bits per heavy atom. The van der Waals surface area contributed by atoms with Crippen molar-refractivity contribution < 1.29 is 38.0 Å². The average Bonchev–Trinajstić information content (AvgIpc) is 3.31. The van der Waals surface area contributed by atoms with Crippen LogP contribution in [-0.4, -0.2) is 84.6 Å². The van der Waals surface area contributed by atoms with Crippen LogP contribution in [0.2, 0.25) is 0 Å². The molecule has 1 amide bonds. The normalized spacial score (nSPS) is 15.4. The van der Waals surface area contributed by atoms with Crippen LogP contribution < -0.4 is 5.32 Å². The molecule has 0 bridgehead atoms. The third-order valence-electron chi connectivity index (χ3n) is 11.3. The number of hydrogen-bond donors (Lipinski definition) is 4. The van der Waals surface area contributed by atoms with Crippen LogP contribution in [0.3, 0.4) is 0 Å². The average molecular weight is 982 g/mol. The Kier molecular flexibility index (Phi) is 46.3. The molecule has 4 unspecified atom stereocenters. The highest BCUT2D eigenvalue weighted by Crippen LogP contribution is 2.43. The Hall–Kier alpha value is -3.14. The fourth-order valence-corrected chi connectivity index (χ4v) is 7.75. The first-order valence-electron chi connectivity index (χ1n) is 27.0. The molecule has 0 aromatic rings. The Labute approximate surface area is 423 Å². The summed E-state index contributed by atoms with van der Waals surface area (Å²) in [4.78, 5) is 23.3. The molecule has 394 valence electrons. The number of carbonyl (C=O) groups is 1. The molecule has 0 saturated heterocycles. The molecular weight excluding hydrogens is 880 g/mol. The number of quaternary nitrogens is 1. The van der Waals surface area contributed by atoms with E-state index < -0.39 is 32.7 Å². The van der Waals surface area contributed by atoms with E-state index in [1.165, 1.54) is 44.9 Å². The second-order valence-electron chi connectivity index (χ2n) is 19.0. The molecule has 9 nitrogen and oxygen atoms in total. The Bertz CT molecular complexity index is 1550. The summed E-state index contributed by atoms with van der Waals surface area (Å²) in [6.45, 7) is 4.42. The van der Waals surface area contributed by atoms with E-state index in [-0.39, 0.29) is 18.9 Å². The summed E-state index contributed by atoms with van der Waals surface area (Å²) in [5.74, 6) is -0.293. The van der Waals surface area contributed by atoms with Crippen molar-refractivity contribution in [2.24, 2.45) is 0 Å². The van der Waals surface area contributed by atoms with Crippen LogP contribution in [0.4, 0.5) is 0 Å². The molecule has 0 radical (unpaired) electrons. The number of nitrogens with one attached hydrogen (secondary N) is 1. The summed E-state index contributed by atoms with van der Waals surface area (Å²) in [6.07, 6.45) is 68.5. The van der Waals surface area contributed by atoms with Gasteiger partial charge in [-0.05, 0) is 109 Å². The van der Waals surface area contributed by atoms with Gasteiger partial charge in [0.1, 0.15) is 19.3 Å². The van der Waals surface area contributed by atoms with E-state index >= 15 is 0 Å². The van der Waals surface area contributed by atoms with Crippen molar-refractivity contribution in [2.75, 3.05) is 40.9 Å². The number of aliphatic hydroxyl groups is 2. The fourth-order valence-electron chi connectivity index (χ4n) is 7.02. The molecular formula is C59H102N2O7P+. The summed E-state index contributed by atoms with van der Waals surface area (Å²) in [5.41, 5.74) is 0. The van der Waals surface area contributed by atoms with Crippen LogP contribution in [0.15, 0.2) is 122 Å². The van der Waals surface area contributed by atoms with Gasteiger partial charge in [0.2, 0.25) is 5.91 Å². The Morgan fingerprint density at radius 3 is 1.33 bits per heavy atom. The van der Waals surface area contributed by atoms with Crippen LogP contribution in [0.1, 0.15) is 187 Å². The molecule has 0 aliphatic rings. The number of amides is 1. The lowest BCUT2D eigenvalue weighted by Gasteiger charge is -2.28. The molecule has 0 fully saturated rings. The standard InChI is InChI=1S/C59H101N2O7P/c1-6-8-10-12-14-16-18-20-21-22-23-24-25-26-27-28-29-30-31-32-33-34-35-36-37-38-39-40-42-44-46-48-50-52-58(63)60-56(55-68-69(65,66)67-54-53-61(3,4)5)59(64)57(62)51-49-47-45-43-41-19-17-15-13-11-9-7-2/h8,10,14,16,20-21,23-24,26-27,29-30,32-33,35-36,38-39,43,45,56-57,59,62,64H,6-7,9,11-13,15,17-19,22,25,28,31,34,37,40-42,44,46-55H2,1-5H3,(H-,60,63,65,66)/p+1/b10-8-,16-14-,21-20-,24-23-,27-26-,30-29-,33-32-,36-35-,39-38-,45-43+. The summed E-state index contributed by atoms with van der Waals surface area (Å²) < 4.78 is 23.5. The fraction of sp³-hybridized carbons (Fsp3) is 0.644. The molecule has 0 aromatic heterocycles. The number of phosphoric acid groups is 1. The summed E-state index contributed by atoms with van der Waals surface area (Å²) in [5, 5.41) is 24.7. The number of carbonyl (C=O) groups excluding carboxylic acids is 1. The van der Waals surface area contributed by atoms with Gasteiger partial charge in [-0.25, -0.2) is 4.57 Å². The maximum atomic E-state index is 13.0. The van der Waals surface area contributed by atoms with Crippen molar-refractivity contribution in [1.82, 2.24) is 5.32 Å². The molecule has 0 aliphatic carbocycles. The minimum absolute atomic E-state index is 0.00529. The van der Waals surface area contributed by atoms with Crippen molar-refractivity contribution in [2.45, 2.75) is 205 Å². The van der Waals surface area contributed by atoms with E-state index in [0.29, 0.717) is 30.3 Å². The monoisotopic (exact) mass is 982 g/mol. The van der Waals surface area contributed by atoms with E-state index in [1.807, 2.05) is 21.1 Å². The molecule has 0 rings (SSSR count). The highest BCUT2D eigenvalue weighted by Gasteiger charge is 2.31. The quantitative estimate of drug-likeness (QED) is 0.0207. The molecule has 0 spiro atoms. The number of aliphatic hydroxyl groups excluding tert-OH is 2. The topological polar surface area (TPSA) is 125 Å². The van der Waals surface area contributed by atoms with E-state index in [1.54, 1.807) is 0 Å². The second-order valence-corrected chi connectivity index (χ2v) is 20.5. The highest BCUT2D eigenvalue weighted by molar-refractivity contribution is 7.47. The summed E-state index contributed by atoms with van der Waals surface area (Å²) >= 11 is 0. The van der Waals surface area contributed by atoms with Crippen LogP contribution in [0.25, 0.3) is 0 Å². The van der Waals surface area contributed by atoms with Crippen molar-refractivity contribution in [3.8, 4) is 0 Å². The van der Waals surface area contributed by atoms with Gasteiger partial charge in [0.15, 0.2) is 0 Å². The van der Waals surface area contributed by atoms with Gasteiger partial charge < -0.3 is 24.9 Å². The first-order chi connectivity index (χ1) is 33.4. The van der Waals surface area contributed by atoms with Crippen LogP contribution in [0, 0.1) is 0 Å². The van der Waals surface area contributed by atoms with Crippen LogP contribution in [-0.2, 0) is 18.4 Å². The largest absolute Gasteiger partial charge is 0.472 e. The minimum atomic E-state index is -4.44. The summed E-state index contributed by atoms with van der Waals surface area (Å²) in [6, 6.07) is -1.07. The van der Waals surface area contributed by atoms with E-state index in [9.17, 15) is 24.5 Å². The molecule has 0 saturated carbocycles. The van der Waals surface area contributed by atoms with Gasteiger partial charge in [-0.3, -0.25) is 13.8 Å². The molecule has 0 heterocycles. The first kappa shape index (κ1) is 65.9. The van der Waals surface area contributed by atoms with Gasteiger partial charge in [0, 0.05) is 6.42 Å². The summed E-state index contributed by atoms with van der Waals surface area (Å²) in [7, 11) is 1.38. The van der Waals surface area contributed by atoms with E-state index in [4.69, 9.17) is 9.05 Å².